The first kappa shape index (κ1) is 15.0. The normalized spacial score (nSPS) is 30.7. The highest BCUT2D eigenvalue weighted by Gasteiger charge is 2.29. The van der Waals surface area contributed by atoms with E-state index in [1.165, 1.54) is 58.0 Å². The highest BCUT2D eigenvalue weighted by atomic mass is 15.2. The summed E-state index contributed by atoms with van der Waals surface area (Å²) in [6.45, 7) is 9.43. The number of nitrogens with zero attached hydrogens (tertiary/aromatic N) is 1. The molecule has 2 heteroatoms. The fourth-order valence-electron chi connectivity index (χ4n) is 2.88. The van der Waals surface area contributed by atoms with Crippen LogP contribution in [0.2, 0.25) is 0 Å². The topological polar surface area (TPSA) is 29.3 Å². The van der Waals surface area contributed by atoms with Crippen molar-refractivity contribution in [3.05, 3.63) is 0 Å². The van der Waals surface area contributed by atoms with Gasteiger partial charge in [-0.05, 0) is 38.8 Å². The van der Waals surface area contributed by atoms with Crippen molar-refractivity contribution in [1.29, 1.82) is 0 Å². The minimum Gasteiger partial charge on any atom is -0.327 e. The van der Waals surface area contributed by atoms with Crippen LogP contribution in [0.5, 0.6) is 0 Å². The molecule has 2 N–H and O–H groups in total. The van der Waals surface area contributed by atoms with Gasteiger partial charge in [-0.25, -0.2) is 0 Å². The summed E-state index contributed by atoms with van der Waals surface area (Å²) in [5.41, 5.74) is 6.11. The average molecular weight is 240 g/mol. The predicted molar refractivity (Wildman–Crippen MR) is 76.2 cm³/mol. The van der Waals surface area contributed by atoms with Gasteiger partial charge < -0.3 is 10.6 Å². The Labute approximate surface area is 108 Å². The molecule has 0 radical (unpaired) electrons. The van der Waals surface area contributed by atoms with Crippen molar-refractivity contribution in [2.24, 2.45) is 11.7 Å². The number of hydrogen-bond donors (Lipinski definition) is 1. The minimum atomic E-state index is 0.422. The molecular formula is C15H32N2. The molecule has 1 rings (SSSR count). The summed E-state index contributed by atoms with van der Waals surface area (Å²) in [5, 5.41) is 0. The molecule has 2 nitrogen and oxygen atoms in total. The molecular weight excluding hydrogens is 208 g/mol. The van der Waals surface area contributed by atoms with Gasteiger partial charge in [0.15, 0.2) is 0 Å². The Balaban J connectivity index is 2.10. The Hall–Kier alpha value is -0.0800. The fraction of sp³-hybridized carbons (Fsp3) is 1.00. The van der Waals surface area contributed by atoms with Crippen LogP contribution < -0.4 is 5.73 Å². The van der Waals surface area contributed by atoms with Gasteiger partial charge in [0.1, 0.15) is 0 Å². The molecule has 1 saturated heterocycles. The van der Waals surface area contributed by atoms with Crippen molar-refractivity contribution in [3.63, 3.8) is 0 Å². The SMILES string of the molecule is CCCCCCCCN1CCC(N)C(C)C1C. The largest absolute Gasteiger partial charge is 0.327 e. The van der Waals surface area contributed by atoms with E-state index in [4.69, 9.17) is 5.73 Å². The summed E-state index contributed by atoms with van der Waals surface area (Å²) in [5.74, 6) is 0.656. The molecule has 0 bridgehead atoms. The molecule has 17 heavy (non-hydrogen) atoms. The zero-order valence-corrected chi connectivity index (χ0v) is 12.1. The van der Waals surface area contributed by atoms with Crippen LogP contribution in [0.1, 0.15) is 65.7 Å². The van der Waals surface area contributed by atoms with Gasteiger partial charge in [0, 0.05) is 12.1 Å². The zero-order valence-electron chi connectivity index (χ0n) is 12.1. The highest BCUT2D eigenvalue weighted by Crippen LogP contribution is 2.22. The number of rotatable bonds is 7. The van der Waals surface area contributed by atoms with Crippen LogP contribution in [-0.4, -0.2) is 30.1 Å². The van der Waals surface area contributed by atoms with Crippen LogP contribution in [0, 0.1) is 5.92 Å². The van der Waals surface area contributed by atoms with Crippen LogP contribution in [0.15, 0.2) is 0 Å². The second-order valence-electron chi connectivity index (χ2n) is 5.86. The van der Waals surface area contributed by atoms with Crippen LogP contribution in [0.25, 0.3) is 0 Å². The Kier molecular flexibility index (Phi) is 7.14. The quantitative estimate of drug-likeness (QED) is 0.691. The van der Waals surface area contributed by atoms with E-state index in [2.05, 4.69) is 25.7 Å². The third kappa shape index (κ3) is 4.97. The van der Waals surface area contributed by atoms with Gasteiger partial charge in [0.05, 0.1) is 0 Å². The molecule has 0 aromatic heterocycles. The predicted octanol–water partition coefficient (Wildman–Crippen LogP) is 3.40. The van der Waals surface area contributed by atoms with Gasteiger partial charge in [-0.3, -0.25) is 0 Å². The molecule has 0 aliphatic carbocycles. The van der Waals surface area contributed by atoms with Gasteiger partial charge in [0.2, 0.25) is 0 Å². The number of nitrogens with two attached hydrogens (primary N) is 1. The molecule has 0 aromatic carbocycles. The third-order valence-corrected chi connectivity index (χ3v) is 4.56. The zero-order chi connectivity index (χ0) is 12.7. The monoisotopic (exact) mass is 240 g/mol. The molecule has 1 aliphatic rings. The van der Waals surface area contributed by atoms with E-state index in [-0.39, 0.29) is 0 Å². The van der Waals surface area contributed by atoms with Crippen molar-refractivity contribution >= 4 is 0 Å². The van der Waals surface area contributed by atoms with E-state index in [0.29, 0.717) is 18.0 Å². The summed E-state index contributed by atoms with van der Waals surface area (Å²) < 4.78 is 0. The molecule has 1 fully saturated rings. The van der Waals surface area contributed by atoms with Gasteiger partial charge in [-0.2, -0.15) is 0 Å². The molecule has 0 aromatic rings. The standard InChI is InChI=1S/C15H32N2/c1-4-5-6-7-8-9-11-17-12-10-15(16)13(2)14(17)3/h13-15H,4-12,16H2,1-3H3. The van der Waals surface area contributed by atoms with Crippen LogP contribution >= 0.6 is 0 Å². The first-order valence-corrected chi connectivity index (χ1v) is 7.66. The third-order valence-electron chi connectivity index (χ3n) is 4.56. The number of hydrogen-bond acceptors (Lipinski definition) is 2. The van der Waals surface area contributed by atoms with E-state index < -0.39 is 0 Å². The summed E-state index contributed by atoms with van der Waals surface area (Å²) in [6.07, 6.45) is 9.56. The van der Waals surface area contributed by atoms with E-state index in [9.17, 15) is 0 Å². The van der Waals surface area contributed by atoms with Gasteiger partial charge >= 0.3 is 0 Å². The lowest BCUT2D eigenvalue weighted by molar-refractivity contribution is 0.0960. The molecule has 3 unspecified atom stereocenters. The first-order chi connectivity index (χ1) is 8.16. The van der Waals surface area contributed by atoms with Crippen molar-refractivity contribution in [2.75, 3.05) is 13.1 Å². The Bertz CT molecular complexity index is 193. The summed E-state index contributed by atoms with van der Waals surface area (Å²) in [6, 6.07) is 1.10. The highest BCUT2D eigenvalue weighted by molar-refractivity contribution is 4.86. The molecule has 102 valence electrons. The molecule has 0 amide bonds. The van der Waals surface area contributed by atoms with Gasteiger partial charge in [-0.1, -0.05) is 46.0 Å². The van der Waals surface area contributed by atoms with E-state index in [1.807, 2.05) is 0 Å². The number of likely N-dealkylation sites (tertiary alicyclic amines) is 1. The average Bonchev–Trinajstić information content (AvgIpc) is 2.33. The van der Waals surface area contributed by atoms with E-state index >= 15 is 0 Å². The van der Waals surface area contributed by atoms with E-state index in [1.54, 1.807) is 0 Å². The molecule has 0 spiro atoms. The maximum atomic E-state index is 6.11. The smallest absolute Gasteiger partial charge is 0.0107 e. The van der Waals surface area contributed by atoms with E-state index in [0.717, 1.165) is 0 Å². The molecule has 0 saturated carbocycles. The summed E-state index contributed by atoms with van der Waals surface area (Å²) >= 11 is 0. The van der Waals surface area contributed by atoms with Crippen molar-refractivity contribution in [2.45, 2.75) is 77.8 Å². The van der Waals surface area contributed by atoms with Crippen molar-refractivity contribution in [1.82, 2.24) is 4.90 Å². The molecule has 1 heterocycles. The summed E-state index contributed by atoms with van der Waals surface area (Å²) in [4.78, 5) is 2.65. The van der Waals surface area contributed by atoms with Crippen molar-refractivity contribution in [3.8, 4) is 0 Å². The maximum Gasteiger partial charge on any atom is 0.0107 e. The second-order valence-corrected chi connectivity index (χ2v) is 5.86. The van der Waals surface area contributed by atoms with Crippen LogP contribution in [0.3, 0.4) is 0 Å². The second kappa shape index (κ2) is 8.10. The lowest BCUT2D eigenvalue weighted by atomic mass is 9.87. The maximum absolute atomic E-state index is 6.11. The summed E-state index contributed by atoms with van der Waals surface area (Å²) in [7, 11) is 0. The fourth-order valence-corrected chi connectivity index (χ4v) is 2.88. The number of unbranched alkanes of at least 4 members (excludes halogenated alkanes) is 5. The number of piperidine rings is 1. The van der Waals surface area contributed by atoms with Crippen LogP contribution in [-0.2, 0) is 0 Å². The Morgan fingerprint density at radius 2 is 1.71 bits per heavy atom. The van der Waals surface area contributed by atoms with Gasteiger partial charge in [-0.15, -0.1) is 0 Å². The first-order valence-electron chi connectivity index (χ1n) is 7.66. The van der Waals surface area contributed by atoms with Gasteiger partial charge in [0.25, 0.3) is 0 Å². The molecule has 1 aliphatic heterocycles. The Morgan fingerprint density at radius 1 is 1.06 bits per heavy atom. The van der Waals surface area contributed by atoms with Crippen LogP contribution in [0.4, 0.5) is 0 Å². The van der Waals surface area contributed by atoms with Crippen molar-refractivity contribution < 1.29 is 0 Å². The Morgan fingerprint density at radius 3 is 2.41 bits per heavy atom. The molecule has 3 atom stereocenters. The lowest BCUT2D eigenvalue weighted by Gasteiger charge is -2.41. The lowest BCUT2D eigenvalue weighted by Crippen LogP contribution is -2.51. The minimum absolute atomic E-state index is 0.422.